The SMILES string of the molecule is O=C(O)CN(CC(=O)O)C(CCCCNC(=O)CCC(=O)N1CCN(C(=O)CCC(=O)NCCCCC(C(=O)O)N(CC(=O)O)CC(=O)O)CC1)C(=O)O. The molecule has 1 aliphatic rings. The quantitative estimate of drug-likeness (QED) is 0.0385. The second kappa shape index (κ2) is 24.8. The first kappa shape index (κ1) is 46.6. The van der Waals surface area contributed by atoms with Gasteiger partial charge in [0.15, 0.2) is 0 Å². The fourth-order valence-corrected chi connectivity index (χ4v) is 5.69. The number of carboxylic acid groups (broad SMARTS) is 6. The van der Waals surface area contributed by atoms with Gasteiger partial charge < -0.3 is 51.1 Å². The highest BCUT2D eigenvalue weighted by Gasteiger charge is 2.30. The number of hydrogen-bond acceptors (Lipinski definition) is 12. The van der Waals surface area contributed by atoms with E-state index in [0.717, 1.165) is 9.80 Å². The van der Waals surface area contributed by atoms with Crippen molar-refractivity contribution in [2.45, 2.75) is 76.3 Å². The minimum atomic E-state index is -1.37. The summed E-state index contributed by atoms with van der Waals surface area (Å²) in [6.45, 7) is -1.78. The van der Waals surface area contributed by atoms with Gasteiger partial charge in [-0.1, -0.05) is 0 Å². The number of carboxylic acids is 6. The molecule has 4 amide bonds. The summed E-state index contributed by atoms with van der Waals surface area (Å²) in [4.78, 5) is 122. The van der Waals surface area contributed by atoms with E-state index in [1.165, 1.54) is 9.80 Å². The highest BCUT2D eigenvalue weighted by molar-refractivity contribution is 5.85. The monoisotopic (exact) mass is 774 g/mol. The first-order chi connectivity index (χ1) is 25.4. The molecule has 8 N–H and O–H groups in total. The van der Waals surface area contributed by atoms with Crippen LogP contribution >= 0.6 is 0 Å². The number of hydrogen-bond donors (Lipinski definition) is 8. The normalized spacial score (nSPS) is 13.9. The van der Waals surface area contributed by atoms with Gasteiger partial charge in [-0.25, -0.2) is 0 Å². The van der Waals surface area contributed by atoms with Gasteiger partial charge in [0.05, 0.1) is 26.2 Å². The van der Waals surface area contributed by atoms with Crippen molar-refractivity contribution < 1.29 is 78.6 Å². The average molecular weight is 775 g/mol. The molecule has 1 aliphatic heterocycles. The molecule has 22 nitrogen and oxygen atoms in total. The zero-order chi connectivity index (χ0) is 40.8. The summed E-state index contributed by atoms with van der Waals surface area (Å²) in [6, 6.07) is -2.67. The van der Waals surface area contributed by atoms with Crippen LogP contribution in [0, 0.1) is 0 Å². The molecule has 1 fully saturated rings. The van der Waals surface area contributed by atoms with Crippen molar-refractivity contribution in [3.8, 4) is 0 Å². The number of nitrogens with one attached hydrogen (secondary N) is 2. The van der Waals surface area contributed by atoms with Gasteiger partial charge in [-0.3, -0.25) is 57.7 Å². The van der Waals surface area contributed by atoms with E-state index in [0.29, 0.717) is 12.8 Å². The van der Waals surface area contributed by atoms with Gasteiger partial charge in [0.1, 0.15) is 12.1 Å². The molecule has 22 heteroatoms. The van der Waals surface area contributed by atoms with Crippen LogP contribution in [0.25, 0.3) is 0 Å². The van der Waals surface area contributed by atoms with E-state index < -0.39 is 85.9 Å². The van der Waals surface area contributed by atoms with Crippen molar-refractivity contribution in [1.29, 1.82) is 0 Å². The summed E-state index contributed by atoms with van der Waals surface area (Å²) in [5.41, 5.74) is 0. The molecule has 0 aromatic heterocycles. The molecule has 0 radical (unpaired) electrons. The largest absolute Gasteiger partial charge is 0.480 e. The van der Waals surface area contributed by atoms with Crippen molar-refractivity contribution in [2.24, 2.45) is 0 Å². The van der Waals surface area contributed by atoms with Crippen molar-refractivity contribution in [1.82, 2.24) is 30.2 Å². The summed E-state index contributed by atoms with van der Waals surface area (Å²) in [5, 5.41) is 60.0. The Morgan fingerprint density at radius 3 is 1.02 bits per heavy atom. The van der Waals surface area contributed by atoms with Crippen LogP contribution in [0.15, 0.2) is 0 Å². The molecule has 0 spiro atoms. The Hall–Kier alpha value is -5.38. The van der Waals surface area contributed by atoms with Crippen LogP contribution in [0.4, 0.5) is 0 Å². The van der Waals surface area contributed by atoms with Gasteiger partial charge in [0.25, 0.3) is 0 Å². The molecule has 0 aliphatic carbocycles. The lowest BCUT2D eigenvalue weighted by molar-refractivity contribution is -0.152. The Labute approximate surface area is 310 Å². The standard InChI is InChI=1S/C32H50N6O16/c39-23(33-11-3-1-5-21(31(51)52)37(17-27(43)44)18-28(45)46)7-9-25(41)35-13-15-36(16-14-35)26(42)10-8-24(40)34-12-4-2-6-22(32(53)54)38(19-29(47)48)20-30(49)50/h21-22H,1-20H2,(H,33,39)(H,34,40)(H,43,44)(H,45,46)(H,47,48)(H,49,50)(H,51,52)(H,53,54). The van der Waals surface area contributed by atoms with Crippen molar-refractivity contribution in [2.75, 3.05) is 65.4 Å². The lowest BCUT2D eigenvalue weighted by Crippen LogP contribution is -2.50. The zero-order valence-electron chi connectivity index (χ0n) is 29.9. The molecule has 0 aromatic carbocycles. The van der Waals surface area contributed by atoms with Gasteiger partial charge in [0, 0.05) is 65.0 Å². The molecule has 0 bridgehead atoms. The molecule has 1 saturated heterocycles. The number of piperazine rings is 1. The Balaban J connectivity index is 2.31. The lowest BCUT2D eigenvalue weighted by Gasteiger charge is -2.35. The third kappa shape index (κ3) is 19.5. The fourth-order valence-electron chi connectivity index (χ4n) is 5.69. The number of aliphatic carboxylic acids is 6. The molecular weight excluding hydrogens is 724 g/mol. The minimum absolute atomic E-state index is 0.0389. The summed E-state index contributed by atoms with van der Waals surface area (Å²) < 4.78 is 0. The minimum Gasteiger partial charge on any atom is -0.480 e. The van der Waals surface area contributed by atoms with E-state index in [1.54, 1.807) is 0 Å². The van der Waals surface area contributed by atoms with Gasteiger partial charge in [-0.2, -0.15) is 0 Å². The molecular formula is C32H50N6O16. The fraction of sp³-hybridized carbons (Fsp3) is 0.688. The molecule has 1 heterocycles. The molecule has 304 valence electrons. The smallest absolute Gasteiger partial charge is 0.320 e. The van der Waals surface area contributed by atoms with Crippen LogP contribution in [0.2, 0.25) is 0 Å². The Kier molecular flexibility index (Phi) is 21.4. The summed E-state index contributed by atoms with van der Waals surface area (Å²) in [7, 11) is 0. The second-order valence-electron chi connectivity index (χ2n) is 12.5. The third-order valence-corrected chi connectivity index (χ3v) is 8.38. The van der Waals surface area contributed by atoms with Crippen molar-refractivity contribution in [3.05, 3.63) is 0 Å². The van der Waals surface area contributed by atoms with E-state index in [1.807, 2.05) is 0 Å². The average Bonchev–Trinajstić information content (AvgIpc) is 3.07. The lowest BCUT2D eigenvalue weighted by atomic mass is 10.1. The van der Waals surface area contributed by atoms with Gasteiger partial charge in [-0.05, 0) is 38.5 Å². The van der Waals surface area contributed by atoms with E-state index in [2.05, 4.69) is 10.6 Å². The van der Waals surface area contributed by atoms with Crippen molar-refractivity contribution >= 4 is 59.4 Å². The highest BCUT2D eigenvalue weighted by Crippen LogP contribution is 2.12. The maximum absolute atomic E-state index is 12.6. The van der Waals surface area contributed by atoms with Crippen LogP contribution in [0.3, 0.4) is 0 Å². The second-order valence-corrected chi connectivity index (χ2v) is 12.5. The topological polar surface area (TPSA) is 329 Å². The van der Waals surface area contributed by atoms with Gasteiger partial charge >= 0.3 is 35.8 Å². The highest BCUT2D eigenvalue weighted by atomic mass is 16.4. The first-order valence-electron chi connectivity index (χ1n) is 17.3. The van der Waals surface area contributed by atoms with Crippen LogP contribution in [-0.2, 0) is 47.9 Å². The maximum Gasteiger partial charge on any atom is 0.320 e. The van der Waals surface area contributed by atoms with E-state index >= 15 is 0 Å². The number of amides is 4. The van der Waals surface area contributed by atoms with Gasteiger partial charge in [-0.15, -0.1) is 0 Å². The molecule has 0 aromatic rings. The number of unbranched alkanes of at least 4 members (excludes halogenated alkanes) is 2. The summed E-state index contributed by atoms with van der Waals surface area (Å²) >= 11 is 0. The van der Waals surface area contributed by atoms with Crippen LogP contribution in [0.1, 0.15) is 64.2 Å². The van der Waals surface area contributed by atoms with E-state index in [4.69, 9.17) is 20.4 Å². The Morgan fingerprint density at radius 1 is 0.463 bits per heavy atom. The number of nitrogens with zero attached hydrogens (tertiary/aromatic N) is 4. The Morgan fingerprint density at radius 2 is 0.759 bits per heavy atom. The van der Waals surface area contributed by atoms with Crippen molar-refractivity contribution in [3.63, 3.8) is 0 Å². The molecule has 2 unspecified atom stereocenters. The summed E-state index contributed by atoms with van der Waals surface area (Å²) in [5.74, 6) is -9.60. The predicted molar refractivity (Wildman–Crippen MR) is 182 cm³/mol. The van der Waals surface area contributed by atoms with E-state index in [-0.39, 0.29) is 102 Å². The van der Waals surface area contributed by atoms with Gasteiger partial charge in [0.2, 0.25) is 23.6 Å². The van der Waals surface area contributed by atoms with Crippen LogP contribution < -0.4 is 10.6 Å². The first-order valence-corrected chi connectivity index (χ1v) is 17.3. The Bertz CT molecular complexity index is 1220. The molecule has 2 atom stereocenters. The molecule has 1 rings (SSSR count). The van der Waals surface area contributed by atoms with E-state index in [9.17, 15) is 58.2 Å². The number of carbonyl (C=O) groups excluding carboxylic acids is 4. The molecule has 0 saturated carbocycles. The molecule has 54 heavy (non-hydrogen) atoms. The summed E-state index contributed by atoms with van der Waals surface area (Å²) in [6.07, 6.45) is 0.718. The predicted octanol–water partition coefficient (Wildman–Crippen LogP) is -2.36. The zero-order valence-corrected chi connectivity index (χ0v) is 29.9. The number of carbonyl (C=O) groups is 10. The van der Waals surface area contributed by atoms with Crippen LogP contribution in [-0.4, -0.2) is 187 Å². The number of rotatable bonds is 28. The van der Waals surface area contributed by atoms with Crippen LogP contribution in [0.5, 0.6) is 0 Å². The maximum atomic E-state index is 12.6. The third-order valence-electron chi connectivity index (χ3n) is 8.38.